The van der Waals surface area contributed by atoms with Crippen molar-refractivity contribution in [3.63, 3.8) is 0 Å². The zero-order valence-electron chi connectivity index (χ0n) is 11.9. The Hall–Kier alpha value is -1.49. The van der Waals surface area contributed by atoms with Crippen molar-refractivity contribution >= 4 is 17.4 Å². The second-order valence-electron chi connectivity index (χ2n) is 6.08. The second-order valence-corrected chi connectivity index (χ2v) is 7.11. The van der Waals surface area contributed by atoms with Gasteiger partial charge in [-0.1, -0.05) is 26.0 Å². The fourth-order valence-electron chi connectivity index (χ4n) is 2.70. The first kappa shape index (κ1) is 13.5. The molecule has 4 nitrogen and oxygen atoms in total. The third-order valence-corrected chi connectivity index (χ3v) is 5.16. The molecule has 2 heterocycles. The first-order chi connectivity index (χ1) is 9.64. The summed E-state index contributed by atoms with van der Waals surface area (Å²) in [5.74, 6) is 2.41. The van der Waals surface area contributed by atoms with Crippen LogP contribution >= 0.6 is 11.8 Å². The molecule has 0 spiro atoms. The van der Waals surface area contributed by atoms with Gasteiger partial charge in [-0.05, 0) is 29.7 Å². The van der Waals surface area contributed by atoms with Crippen LogP contribution in [-0.4, -0.2) is 32.3 Å². The Labute approximate surface area is 124 Å². The maximum absolute atomic E-state index is 4.23. The summed E-state index contributed by atoms with van der Waals surface area (Å²) in [6.45, 7) is 4.69. The standard InChI is InChI=1S/C15H20N4S/c1-15(2)7-12(8-20-9-15)18-13-5-3-4-6-14(13)19-11-16-10-17-19/h3-6,10-12,18H,7-9H2,1-2H3. The minimum atomic E-state index is 0.406. The van der Waals surface area contributed by atoms with Gasteiger partial charge < -0.3 is 5.32 Å². The van der Waals surface area contributed by atoms with Crippen LogP contribution in [-0.2, 0) is 0 Å². The van der Waals surface area contributed by atoms with E-state index in [1.165, 1.54) is 12.2 Å². The molecular formula is C15H20N4S. The summed E-state index contributed by atoms with van der Waals surface area (Å²) >= 11 is 2.04. The molecule has 0 amide bonds. The van der Waals surface area contributed by atoms with Crippen molar-refractivity contribution in [3.8, 4) is 5.69 Å². The maximum atomic E-state index is 4.23. The van der Waals surface area contributed by atoms with Gasteiger partial charge in [0.15, 0.2) is 0 Å². The Morgan fingerprint density at radius 3 is 2.95 bits per heavy atom. The van der Waals surface area contributed by atoms with Gasteiger partial charge in [0.05, 0.1) is 11.4 Å². The average Bonchev–Trinajstić information content (AvgIpc) is 2.92. The van der Waals surface area contributed by atoms with Crippen molar-refractivity contribution in [3.05, 3.63) is 36.9 Å². The number of anilines is 1. The van der Waals surface area contributed by atoms with Crippen LogP contribution in [0.25, 0.3) is 5.69 Å². The molecule has 106 valence electrons. The van der Waals surface area contributed by atoms with Gasteiger partial charge in [0.1, 0.15) is 12.7 Å². The van der Waals surface area contributed by atoms with Gasteiger partial charge in [0, 0.05) is 11.8 Å². The van der Waals surface area contributed by atoms with Crippen molar-refractivity contribution in [1.29, 1.82) is 0 Å². The van der Waals surface area contributed by atoms with Crippen molar-refractivity contribution < 1.29 is 0 Å². The predicted octanol–water partition coefficient (Wildman–Crippen LogP) is 3.21. The summed E-state index contributed by atoms with van der Waals surface area (Å²) in [7, 11) is 0. The molecule has 1 N–H and O–H groups in total. The van der Waals surface area contributed by atoms with Gasteiger partial charge in [-0.15, -0.1) is 0 Å². The Morgan fingerprint density at radius 2 is 2.20 bits per heavy atom. The molecule has 1 saturated heterocycles. The first-order valence-electron chi connectivity index (χ1n) is 6.92. The van der Waals surface area contributed by atoms with E-state index < -0.39 is 0 Å². The Kier molecular flexibility index (Phi) is 3.70. The first-order valence-corrected chi connectivity index (χ1v) is 8.08. The summed E-state index contributed by atoms with van der Waals surface area (Å²) in [6.07, 6.45) is 4.50. The van der Waals surface area contributed by atoms with E-state index in [-0.39, 0.29) is 0 Å². The summed E-state index contributed by atoms with van der Waals surface area (Å²) < 4.78 is 1.81. The molecule has 1 aliphatic heterocycles. The minimum absolute atomic E-state index is 0.406. The van der Waals surface area contributed by atoms with Gasteiger partial charge in [-0.3, -0.25) is 0 Å². The van der Waals surface area contributed by atoms with Gasteiger partial charge in [-0.2, -0.15) is 16.9 Å². The number of rotatable bonds is 3. The third-order valence-electron chi connectivity index (χ3n) is 3.54. The Morgan fingerprint density at radius 1 is 1.35 bits per heavy atom. The molecule has 20 heavy (non-hydrogen) atoms. The largest absolute Gasteiger partial charge is 0.380 e. The maximum Gasteiger partial charge on any atom is 0.138 e. The van der Waals surface area contributed by atoms with Crippen LogP contribution in [0.3, 0.4) is 0 Å². The highest BCUT2D eigenvalue weighted by Crippen LogP contribution is 2.35. The fraction of sp³-hybridized carbons (Fsp3) is 0.467. The molecular weight excluding hydrogens is 268 g/mol. The number of aromatic nitrogens is 3. The second kappa shape index (κ2) is 5.48. The van der Waals surface area contributed by atoms with Crippen LogP contribution in [0.15, 0.2) is 36.9 Å². The van der Waals surface area contributed by atoms with E-state index in [9.17, 15) is 0 Å². The zero-order chi connectivity index (χ0) is 14.0. The summed E-state index contributed by atoms with van der Waals surface area (Å²) in [4.78, 5) is 4.03. The number of nitrogens with zero attached hydrogens (tertiary/aromatic N) is 3. The van der Waals surface area contributed by atoms with E-state index in [0.717, 1.165) is 17.1 Å². The highest BCUT2D eigenvalue weighted by molar-refractivity contribution is 7.99. The van der Waals surface area contributed by atoms with Gasteiger partial charge in [-0.25, -0.2) is 9.67 Å². The molecule has 1 unspecified atom stereocenters. The molecule has 0 saturated carbocycles. The quantitative estimate of drug-likeness (QED) is 0.942. The molecule has 0 aliphatic carbocycles. The topological polar surface area (TPSA) is 42.7 Å². The molecule has 0 bridgehead atoms. The smallest absolute Gasteiger partial charge is 0.138 e. The predicted molar refractivity (Wildman–Crippen MR) is 84.5 cm³/mol. The number of para-hydroxylation sites is 2. The molecule has 1 aromatic carbocycles. The van der Waals surface area contributed by atoms with Crippen LogP contribution in [0.2, 0.25) is 0 Å². The van der Waals surface area contributed by atoms with Crippen LogP contribution in [0.5, 0.6) is 0 Å². The van der Waals surface area contributed by atoms with E-state index in [2.05, 4.69) is 47.4 Å². The van der Waals surface area contributed by atoms with Crippen molar-refractivity contribution in [2.24, 2.45) is 5.41 Å². The van der Waals surface area contributed by atoms with E-state index in [4.69, 9.17) is 0 Å². The van der Waals surface area contributed by atoms with Crippen molar-refractivity contribution in [1.82, 2.24) is 14.8 Å². The van der Waals surface area contributed by atoms with Crippen molar-refractivity contribution in [2.45, 2.75) is 26.3 Å². The lowest BCUT2D eigenvalue weighted by molar-refractivity contribution is 0.358. The van der Waals surface area contributed by atoms with Gasteiger partial charge in [0.25, 0.3) is 0 Å². The van der Waals surface area contributed by atoms with E-state index >= 15 is 0 Å². The number of nitrogens with one attached hydrogen (secondary N) is 1. The van der Waals surface area contributed by atoms with E-state index in [0.29, 0.717) is 11.5 Å². The lowest BCUT2D eigenvalue weighted by atomic mass is 9.87. The molecule has 5 heteroatoms. The molecule has 2 aromatic rings. The van der Waals surface area contributed by atoms with Crippen molar-refractivity contribution in [2.75, 3.05) is 16.8 Å². The lowest BCUT2D eigenvalue weighted by Crippen LogP contribution is -2.35. The van der Waals surface area contributed by atoms with E-state index in [1.54, 1.807) is 12.7 Å². The Bertz CT molecular complexity index is 565. The zero-order valence-corrected chi connectivity index (χ0v) is 12.7. The van der Waals surface area contributed by atoms with Gasteiger partial charge in [0.2, 0.25) is 0 Å². The van der Waals surface area contributed by atoms with Crippen LogP contribution in [0, 0.1) is 5.41 Å². The molecule has 1 aliphatic rings. The SMILES string of the molecule is CC1(C)CSCC(Nc2ccccc2-n2cncn2)C1. The molecule has 1 aromatic heterocycles. The molecule has 3 rings (SSSR count). The number of benzene rings is 1. The average molecular weight is 288 g/mol. The summed E-state index contributed by atoms with van der Waals surface area (Å²) in [5.41, 5.74) is 2.59. The normalized spacial score (nSPS) is 21.6. The lowest BCUT2D eigenvalue weighted by Gasteiger charge is -2.35. The highest BCUT2D eigenvalue weighted by Gasteiger charge is 2.28. The van der Waals surface area contributed by atoms with E-state index in [1.807, 2.05) is 22.5 Å². The molecule has 1 atom stereocenters. The highest BCUT2D eigenvalue weighted by atomic mass is 32.2. The number of hydrogen-bond donors (Lipinski definition) is 1. The minimum Gasteiger partial charge on any atom is -0.380 e. The fourth-order valence-corrected chi connectivity index (χ4v) is 3.98. The van der Waals surface area contributed by atoms with Crippen LogP contribution < -0.4 is 5.32 Å². The number of thioether (sulfide) groups is 1. The van der Waals surface area contributed by atoms with Crippen LogP contribution in [0.1, 0.15) is 20.3 Å². The Balaban J connectivity index is 1.81. The number of hydrogen-bond acceptors (Lipinski definition) is 4. The summed E-state index contributed by atoms with van der Waals surface area (Å²) in [6, 6.07) is 8.78. The molecule has 1 fully saturated rings. The van der Waals surface area contributed by atoms with Gasteiger partial charge >= 0.3 is 0 Å². The monoisotopic (exact) mass is 288 g/mol. The third kappa shape index (κ3) is 2.98. The van der Waals surface area contributed by atoms with Crippen LogP contribution in [0.4, 0.5) is 5.69 Å². The summed E-state index contributed by atoms with van der Waals surface area (Å²) in [5, 5.41) is 7.91. The molecule has 0 radical (unpaired) electrons.